The van der Waals surface area contributed by atoms with Crippen molar-refractivity contribution in [2.75, 3.05) is 0 Å². The first-order chi connectivity index (χ1) is 9.02. The van der Waals surface area contributed by atoms with Gasteiger partial charge in [-0.25, -0.2) is 14.2 Å². The van der Waals surface area contributed by atoms with Gasteiger partial charge < -0.3 is 0 Å². The second kappa shape index (κ2) is 5.65. The van der Waals surface area contributed by atoms with Gasteiger partial charge in [0, 0.05) is 10.6 Å². The molecule has 0 aliphatic carbocycles. The molecule has 0 aliphatic rings. The molecule has 0 heterocycles. The van der Waals surface area contributed by atoms with E-state index < -0.39 is 11.9 Å². The molecule has 0 bridgehead atoms. The van der Waals surface area contributed by atoms with Crippen LogP contribution in [-0.2, 0) is 0 Å². The summed E-state index contributed by atoms with van der Waals surface area (Å²) in [6.45, 7) is 1.66. The third kappa shape index (κ3) is 2.92. The minimum absolute atomic E-state index is 0.276. The van der Waals surface area contributed by atoms with Crippen LogP contribution in [-0.4, -0.2) is 0 Å². The fourth-order valence-corrected chi connectivity index (χ4v) is 2.07. The predicted molar refractivity (Wildman–Crippen MR) is 71.7 cm³/mol. The smallest absolute Gasteiger partial charge is 0.128 e. The Kier molecular flexibility index (Phi) is 4.14. The zero-order chi connectivity index (χ0) is 14.0. The molecular formula is C14H13ClF2N2. The average molecular weight is 283 g/mol. The van der Waals surface area contributed by atoms with Crippen molar-refractivity contribution in [3.05, 3.63) is 69.7 Å². The van der Waals surface area contributed by atoms with Gasteiger partial charge in [-0.05, 0) is 42.3 Å². The van der Waals surface area contributed by atoms with Gasteiger partial charge in [-0.3, -0.25) is 5.84 Å². The van der Waals surface area contributed by atoms with Crippen LogP contribution in [0.15, 0.2) is 36.4 Å². The van der Waals surface area contributed by atoms with Crippen LogP contribution in [0.1, 0.15) is 22.7 Å². The van der Waals surface area contributed by atoms with E-state index in [0.29, 0.717) is 16.1 Å². The Balaban J connectivity index is 2.49. The fourth-order valence-electron chi connectivity index (χ4n) is 1.89. The Bertz CT molecular complexity index is 602. The summed E-state index contributed by atoms with van der Waals surface area (Å²) in [6, 6.07) is 8.17. The number of hydrazine groups is 1. The van der Waals surface area contributed by atoms with Crippen molar-refractivity contribution in [3.63, 3.8) is 0 Å². The van der Waals surface area contributed by atoms with Crippen molar-refractivity contribution in [2.45, 2.75) is 13.0 Å². The van der Waals surface area contributed by atoms with E-state index in [1.807, 2.05) is 0 Å². The minimum Gasteiger partial charge on any atom is -0.271 e. The maximum absolute atomic E-state index is 13.8. The predicted octanol–water partition coefficient (Wildman–Crippen LogP) is 3.48. The second-order valence-electron chi connectivity index (χ2n) is 4.27. The van der Waals surface area contributed by atoms with Crippen molar-refractivity contribution < 1.29 is 8.78 Å². The van der Waals surface area contributed by atoms with Gasteiger partial charge >= 0.3 is 0 Å². The van der Waals surface area contributed by atoms with E-state index in [1.54, 1.807) is 19.1 Å². The lowest BCUT2D eigenvalue weighted by atomic mass is 9.97. The molecule has 1 atom stereocenters. The van der Waals surface area contributed by atoms with Crippen molar-refractivity contribution in [2.24, 2.45) is 5.84 Å². The van der Waals surface area contributed by atoms with Crippen molar-refractivity contribution >= 4 is 11.6 Å². The van der Waals surface area contributed by atoms with Crippen LogP contribution in [0, 0.1) is 18.6 Å². The second-order valence-corrected chi connectivity index (χ2v) is 4.71. The Morgan fingerprint density at radius 1 is 1.11 bits per heavy atom. The van der Waals surface area contributed by atoms with Gasteiger partial charge in [-0.1, -0.05) is 23.7 Å². The number of halogens is 3. The summed E-state index contributed by atoms with van der Waals surface area (Å²) in [7, 11) is 0. The first-order valence-corrected chi connectivity index (χ1v) is 6.08. The summed E-state index contributed by atoms with van der Waals surface area (Å²) in [4.78, 5) is 0. The van der Waals surface area contributed by atoms with Gasteiger partial charge in [0.05, 0.1) is 6.04 Å². The molecule has 2 aromatic rings. The zero-order valence-electron chi connectivity index (χ0n) is 10.3. The molecule has 0 amide bonds. The Morgan fingerprint density at radius 2 is 1.84 bits per heavy atom. The van der Waals surface area contributed by atoms with Gasteiger partial charge in [0.25, 0.3) is 0 Å². The highest BCUT2D eigenvalue weighted by molar-refractivity contribution is 6.30. The van der Waals surface area contributed by atoms with Crippen molar-refractivity contribution in [1.29, 1.82) is 0 Å². The summed E-state index contributed by atoms with van der Waals surface area (Å²) in [5, 5.41) is 0.393. The summed E-state index contributed by atoms with van der Waals surface area (Å²) in [5.41, 5.74) is 3.81. The molecule has 0 aliphatic heterocycles. The molecular weight excluding hydrogens is 270 g/mol. The molecule has 0 saturated carbocycles. The molecule has 2 rings (SSSR count). The van der Waals surface area contributed by atoms with E-state index in [-0.39, 0.29) is 11.4 Å². The summed E-state index contributed by atoms with van der Waals surface area (Å²) in [5.74, 6) is 4.65. The monoisotopic (exact) mass is 282 g/mol. The number of nitrogens with one attached hydrogen (secondary N) is 1. The van der Waals surface area contributed by atoms with E-state index >= 15 is 0 Å². The number of benzene rings is 2. The fraction of sp³-hybridized carbons (Fsp3) is 0.143. The van der Waals surface area contributed by atoms with Gasteiger partial charge in [-0.2, -0.15) is 0 Å². The van der Waals surface area contributed by atoms with Crippen LogP contribution in [0.2, 0.25) is 5.02 Å². The highest BCUT2D eigenvalue weighted by Gasteiger charge is 2.18. The van der Waals surface area contributed by atoms with E-state index in [0.717, 1.165) is 0 Å². The van der Waals surface area contributed by atoms with Gasteiger partial charge in [0.15, 0.2) is 0 Å². The van der Waals surface area contributed by atoms with E-state index in [1.165, 1.54) is 24.3 Å². The third-order valence-corrected chi connectivity index (χ3v) is 3.20. The largest absolute Gasteiger partial charge is 0.271 e. The molecule has 3 N–H and O–H groups in total. The first-order valence-electron chi connectivity index (χ1n) is 5.70. The number of hydrogen-bond acceptors (Lipinski definition) is 2. The number of rotatable bonds is 3. The van der Waals surface area contributed by atoms with Crippen LogP contribution < -0.4 is 11.3 Å². The molecule has 19 heavy (non-hydrogen) atoms. The van der Waals surface area contributed by atoms with Crippen LogP contribution in [0.5, 0.6) is 0 Å². The van der Waals surface area contributed by atoms with Gasteiger partial charge in [0.2, 0.25) is 0 Å². The molecule has 0 fully saturated rings. The lowest BCUT2D eigenvalue weighted by molar-refractivity contribution is 0.555. The van der Waals surface area contributed by atoms with Crippen molar-refractivity contribution in [3.8, 4) is 0 Å². The standard InChI is InChI=1S/C14H13ClF2N2/c1-8-2-3-9(6-13(8)17)14(19-18)11-7-10(15)4-5-12(11)16/h2-7,14,19H,18H2,1H3. The summed E-state index contributed by atoms with van der Waals surface area (Å²) >= 11 is 5.85. The number of hydrogen-bond donors (Lipinski definition) is 2. The highest BCUT2D eigenvalue weighted by atomic mass is 35.5. The number of nitrogens with two attached hydrogens (primary N) is 1. The quantitative estimate of drug-likeness (QED) is 0.668. The molecule has 2 aromatic carbocycles. The molecule has 2 nitrogen and oxygen atoms in total. The Hall–Kier alpha value is -1.49. The highest BCUT2D eigenvalue weighted by Crippen LogP contribution is 2.27. The molecule has 1 unspecified atom stereocenters. The molecule has 0 radical (unpaired) electrons. The van der Waals surface area contributed by atoms with Crippen molar-refractivity contribution in [1.82, 2.24) is 5.43 Å². The van der Waals surface area contributed by atoms with Gasteiger partial charge in [-0.15, -0.1) is 0 Å². The first kappa shape index (κ1) is 13.9. The summed E-state index contributed by atoms with van der Waals surface area (Å²) in [6.07, 6.45) is 0. The minimum atomic E-state index is -0.659. The lowest BCUT2D eigenvalue weighted by Gasteiger charge is -2.18. The Morgan fingerprint density at radius 3 is 2.47 bits per heavy atom. The SMILES string of the molecule is Cc1ccc(C(NN)c2cc(Cl)ccc2F)cc1F. The van der Waals surface area contributed by atoms with Crippen LogP contribution in [0.4, 0.5) is 8.78 Å². The van der Waals surface area contributed by atoms with Crippen LogP contribution in [0.25, 0.3) is 0 Å². The van der Waals surface area contributed by atoms with E-state index in [2.05, 4.69) is 5.43 Å². The van der Waals surface area contributed by atoms with Crippen LogP contribution in [0.3, 0.4) is 0 Å². The maximum atomic E-state index is 13.8. The van der Waals surface area contributed by atoms with E-state index in [4.69, 9.17) is 17.4 Å². The third-order valence-electron chi connectivity index (χ3n) is 2.96. The topological polar surface area (TPSA) is 38.0 Å². The number of aryl methyl sites for hydroxylation is 1. The zero-order valence-corrected chi connectivity index (χ0v) is 11.0. The Labute approximate surface area is 115 Å². The molecule has 0 aromatic heterocycles. The molecule has 5 heteroatoms. The normalized spacial score (nSPS) is 12.5. The molecule has 0 saturated heterocycles. The van der Waals surface area contributed by atoms with Crippen LogP contribution >= 0.6 is 11.6 Å². The van der Waals surface area contributed by atoms with Gasteiger partial charge in [0.1, 0.15) is 11.6 Å². The maximum Gasteiger partial charge on any atom is 0.128 e. The molecule has 0 spiro atoms. The lowest BCUT2D eigenvalue weighted by Crippen LogP contribution is -2.29. The average Bonchev–Trinajstić information content (AvgIpc) is 2.38. The summed E-state index contributed by atoms with van der Waals surface area (Å²) < 4.78 is 27.4. The van der Waals surface area contributed by atoms with E-state index in [9.17, 15) is 8.78 Å². The molecule has 100 valence electrons.